The molecular formula is C31H38N6O5. The van der Waals surface area contributed by atoms with Crippen LogP contribution in [0.25, 0.3) is 21.8 Å². The van der Waals surface area contributed by atoms with E-state index in [0.29, 0.717) is 66.9 Å². The van der Waals surface area contributed by atoms with E-state index in [2.05, 4.69) is 35.7 Å². The number of morpholine rings is 2. The van der Waals surface area contributed by atoms with Crippen molar-refractivity contribution in [3.63, 3.8) is 0 Å². The van der Waals surface area contributed by atoms with Crippen LogP contribution in [0.4, 0.5) is 11.6 Å². The normalized spacial score (nSPS) is 16.2. The first-order chi connectivity index (χ1) is 20.4. The number of hydrogen-bond acceptors (Lipinski definition) is 9. The number of rotatable bonds is 8. The summed E-state index contributed by atoms with van der Waals surface area (Å²) in [5.41, 5.74) is 5.10. The molecule has 2 fully saturated rings. The molecule has 222 valence electrons. The van der Waals surface area contributed by atoms with Crippen molar-refractivity contribution in [2.45, 2.75) is 13.8 Å². The smallest absolute Gasteiger partial charge is 0.275 e. The van der Waals surface area contributed by atoms with E-state index in [9.17, 15) is 4.79 Å². The van der Waals surface area contributed by atoms with Gasteiger partial charge in [0.2, 0.25) is 5.95 Å². The Hall–Kier alpha value is -3.93. The lowest BCUT2D eigenvalue weighted by atomic mass is 10.1. The van der Waals surface area contributed by atoms with Crippen molar-refractivity contribution in [3.8, 4) is 11.5 Å². The van der Waals surface area contributed by atoms with Gasteiger partial charge in [-0.15, -0.1) is 0 Å². The molecule has 0 spiro atoms. The van der Waals surface area contributed by atoms with Crippen LogP contribution in [0.2, 0.25) is 0 Å². The summed E-state index contributed by atoms with van der Waals surface area (Å²) < 4.78 is 25.0. The third kappa shape index (κ3) is 5.59. The minimum absolute atomic E-state index is 0.281. The molecule has 42 heavy (non-hydrogen) atoms. The highest BCUT2D eigenvalue weighted by molar-refractivity contribution is 6.12. The van der Waals surface area contributed by atoms with Crippen molar-refractivity contribution in [2.24, 2.45) is 7.05 Å². The Morgan fingerprint density at radius 2 is 1.69 bits per heavy atom. The van der Waals surface area contributed by atoms with E-state index in [0.717, 1.165) is 43.8 Å². The number of anilines is 2. The lowest BCUT2D eigenvalue weighted by molar-refractivity contribution is 0.0321. The van der Waals surface area contributed by atoms with Gasteiger partial charge in [0.15, 0.2) is 11.5 Å². The molecule has 2 aromatic carbocycles. The summed E-state index contributed by atoms with van der Waals surface area (Å²) in [5, 5.41) is 4.79. The second-order valence-corrected chi connectivity index (χ2v) is 10.7. The Morgan fingerprint density at radius 1 is 0.952 bits per heavy atom. The number of fused-ring (bicyclic) bond motifs is 2. The summed E-state index contributed by atoms with van der Waals surface area (Å²) in [6.45, 7) is 11.1. The molecule has 0 unspecified atom stereocenters. The highest BCUT2D eigenvalue weighted by Crippen LogP contribution is 2.34. The molecule has 0 aliphatic carbocycles. The zero-order valence-electron chi connectivity index (χ0n) is 24.7. The predicted molar refractivity (Wildman–Crippen MR) is 162 cm³/mol. The number of carbonyl (C=O) groups is 1. The summed E-state index contributed by atoms with van der Waals surface area (Å²) in [6, 6.07) is 9.62. The Labute approximate surface area is 245 Å². The Kier molecular flexibility index (Phi) is 8.14. The van der Waals surface area contributed by atoms with Crippen molar-refractivity contribution in [1.29, 1.82) is 0 Å². The van der Waals surface area contributed by atoms with Crippen LogP contribution >= 0.6 is 0 Å². The quantitative estimate of drug-likeness (QED) is 0.338. The number of nitrogens with zero attached hydrogens (tertiary/aromatic N) is 5. The number of aryl methyl sites for hydroxylation is 2. The van der Waals surface area contributed by atoms with E-state index in [1.54, 1.807) is 7.11 Å². The molecule has 0 saturated carbocycles. The fraction of sp³-hybridized carbons (Fsp3) is 0.452. The Morgan fingerprint density at radius 3 is 2.43 bits per heavy atom. The highest BCUT2D eigenvalue weighted by Gasteiger charge is 2.23. The molecule has 2 saturated heterocycles. The molecule has 4 heterocycles. The largest absolute Gasteiger partial charge is 0.493 e. The van der Waals surface area contributed by atoms with E-state index < -0.39 is 0 Å². The van der Waals surface area contributed by atoms with Crippen molar-refractivity contribution in [3.05, 3.63) is 47.3 Å². The number of carbonyl (C=O) groups excluding carboxylic acids is 1. The van der Waals surface area contributed by atoms with Crippen molar-refractivity contribution < 1.29 is 23.7 Å². The maximum Gasteiger partial charge on any atom is 0.275 e. The molecule has 1 amide bonds. The van der Waals surface area contributed by atoms with Crippen LogP contribution in [-0.4, -0.2) is 98.2 Å². The maximum absolute atomic E-state index is 13.9. The van der Waals surface area contributed by atoms with Gasteiger partial charge in [0.25, 0.3) is 5.91 Å². The molecule has 2 aromatic heterocycles. The molecule has 0 bridgehead atoms. The predicted octanol–water partition coefficient (Wildman–Crippen LogP) is 3.55. The van der Waals surface area contributed by atoms with Crippen LogP contribution in [-0.2, 0) is 16.5 Å². The lowest BCUT2D eigenvalue weighted by Crippen LogP contribution is -2.38. The number of ether oxygens (including phenoxy) is 4. The molecule has 0 atom stereocenters. The van der Waals surface area contributed by atoms with Crippen LogP contribution < -0.4 is 19.7 Å². The average Bonchev–Trinajstić information content (AvgIpc) is 3.24. The first-order valence-corrected chi connectivity index (χ1v) is 14.5. The van der Waals surface area contributed by atoms with E-state index in [-0.39, 0.29) is 11.6 Å². The summed E-state index contributed by atoms with van der Waals surface area (Å²) in [6.07, 6.45) is 0. The molecule has 11 nitrogen and oxygen atoms in total. The molecule has 11 heteroatoms. The molecule has 4 aromatic rings. The fourth-order valence-electron chi connectivity index (χ4n) is 5.61. The van der Waals surface area contributed by atoms with Crippen LogP contribution in [0.15, 0.2) is 30.3 Å². The van der Waals surface area contributed by atoms with E-state index in [1.165, 1.54) is 11.3 Å². The first kappa shape index (κ1) is 28.2. The average molecular weight is 575 g/mol. The lowest BCUT2D eigenvalue weighted by Gasteiger charge is -2.27. The van der Waals surface area contributed by atoms with Crippen LogP contribution in [0, 0.1) is 13.8 Å². The van der Waals surface area contributed by atoms with Crippen LogP contribution in [0.5, 0.6) is 11.5 Å². The maximum atomic E-state index is 13.9. The number of hydrogen-bond donors (Lipinski definition) is 1. The highest BCUT2D eigenvalue weighted by atomic mass is 16.5. The zero-order chi connectivity index (χ0) is 29.2. The van der Waals surface area contributed by atoms with Gasteiger partial charge in [-0.3, -0.25) is 9.69 Å². The number of aromatic nitrogens is 3. The molecular weight excluding hydrogens is 536 g/mol. The van der Waals surface area contributed by atoms with Gasteiger partial charge >= 0.3 is 0 Å². The monoisotopic (exact) mass is 574 g/mol. The number of amides is 1. The third-order valence-electron chi connectivity index (χ3n) is 8.31. The Balaban J connectivity index is 1.35. The van der Waals surface area contributed by atoms with Gasteiger partial charge in [-0.25, -0.2) is 9.97 Å². The summed E-state index contributed by atoms with van der Waals surface area (Å²) in [4.78, 5) is 27.9. The second-order valence-electron chi connectivity index (χ2n) is 10.7. The van der Waals surface area contributed by atoms with Crippen LogP contribution in [0.3, 0.4) is 0 Å². The van der Waals surface area contributed by atoms with Crippen LogP contribution in [0.1, 0.15) is 21.7 Å². The van der Waals surface area contributed by atoms with E-state index in [4.69, 9.17) is 28.9 Å². The number of nitrogens with one attached hydrogen (secondary N) is 1. The van der Waals surface area contributed by atoms with Gasteiger partial charge < -0.3 is 33.7 Å². The zero-order valence-corrected chi connectivity index (χ0v) is 24.7. The molecule has 0 radical (unpaired) electrons. The number of methoxy groups -OCH3 is 1. The second kappa shape index (κ2) is 12.1. The van der Waals surface area contributed by atoms with E-state index >= 15 is 0 Å². The van der Waals surface area contributed by atoms with Gasteiger partial charge in [0.1, 0.15) is 12.3 Å². The SMILES string of the molecule is COc1cc2nc(N3CCOCC3)nc(C(=O)Nc3ccc4c(c3)c(C)c(C)n4C)c2cc1OCCN1CCOCC1. The first-order valence-electron chi connectivity index (χ1n) is 14.5. The van der Waals surface area contributed by atoms with Gasteiger partial charge in [-0.05, 0) is 43.7 Å². The minimum Gasteiger partial charge on any atom is -0.493 e. The van der Waals surface area contributed by atoms with E-state index in [1.807, 2.05) is 35.2 Å². The van der Waals surface area contributed by atoms with Gasteiger partial charge in [0, 0.05) is 73.5 Å². The summed E-state index contributed by atoms with van der Waals surface area (Å²) >= 11 is 0. The number of benzene rings is 2. The van der Waals surface area contributed by atoms with Gasteiger partial charge in [-0.2, -0.15) is 0 Å². The molecule has 6 rings (SSSR count). The summed E-state index contributed by atoms with van der Waals surface area (Å²) in [7, 11) is 3.66. The third-order valence-corrected chi connectivity index (χ3v) is 8.31. The van der Waals surface area contributed by atoms with Gasteiger partial charge in [0.05, 0.1) is 39.1 Å². The van der Waals surface area contributed by atoms with Crippen molar-refractivity contribution in [2.75, 3.05) is 83.1 Å². The summed E-state index contributed by atoms with van der Waals surface area (Å²) in [5.74, 6) is 1.28. The van der Waals surface area contributed by atoms with Gasteiger partial charge in [-0.1, -0.05) is 0 Å². The minimum atomic E-state index is -0.314. The Bertz CT molecular complexity index is 1610. The molecule has 1 N–H and O–H groups in total. The standard InChI is InChI=1S/C31H38N6O5/c1-20-21(2)35(3)26-6-5-22(17-23(20)26)32-30(38)29-24-18-28(42-16-9-36-7-12-40-13-8-36)27(39-4)19-25(24)33-31(34-29)37-10-14-41-15-11-37/h5-6,17-19H,7-16H2,1-4H3,(H,32,38). The van der Waals surface area contributed by atoms with Crippen molar-refractivity contribution >= 4 is 39.3 Å². The molecule has 2 aliphatic rings. The molecule has 2 aliphatic heterocycles. The fourth-order valence-corrected chi connectivity index (χ4v) is 5.61. The van der Waals surface area contributed by atoms with Crippen molar-refractivity contribution in [1.82, 2.24) is 19.4 Å². The topological polar surface area (TPSA) is 103 Å².